The molecule has 0 amide bonds. The number of carboxylic acids is 2. The van der Waals surface area contributed by atoms with Crippen LogP contribution in [-0.4, -0.2) is 81.8 Å². The molecule has 216 valence electrons. The minimum Gasteiger partial charge on any atom is -0.481 e. The standard InChI is InChI=1S/C22H42O4.C6H15NO3/c1-2-3-4-5-6-7-8-9-10-11-12-13-14-15-16-17-18-20(22(25)26)19-21(23)24;8-4-1-7(2-5-9)3-6-10/h20H,2-19H2,1H3,(H,23,24)(H,25,26);8-10H,1-6H2. The van der Waals surface area contributed by atoms with Gasteiger partial charge in [-0.25, -0.2) is 0 Å². The van der Waals surface area contributed by atoms with E-state index >= 15 is 0 Å². The average Bonchev–Trinajstić information content (AvgIpc) is 2.83. The Hall–Kier alpha value is -1.22. The number of carboxylic acid groups (broad SMARTS) is 2. The summed E-state index contributed by atoms with van der Waals surface area (Å²) in [6, 6.07) is 0. The van der Waals surface area contributed by atoms with Gasteiger partial charge in [-0.05, 0) is 6.42 Å². The average molecular weight is 520 g/mol. The summed E-state index contributed by atoms with van der Waals surface area (Å²) in [5.74, 6) is -2.72. The molecule has 5 N–H and O–H groups in total. The number of hydrogen-bond acceptors (Lipinski definition) is 6. The molecule has 1 unspecified atom stereocenters. The van der Waals surface area contributed by atoms with Gasteiger partial charge in [0.15, 0.2) is 0 Å². The van der Waals surface area contributed by atoms with E-state index in [0.717, 1.165) is 19.3 Å². The molecule has 0 aromatic rings. The smallest absolute Gasteiger partial charge is 0.307 e. The zero-order valence-electron chi connectivity index (χ0n) is 23.0. The van der Waals surface area contributed by atoms with Gasteiger partial charge in [-0.1, -0.05) is 110 Å². The summed E-state index contributed by atoms with van der Waals surface area (Å²) in [6.07, 6.45) is 20.9. The largest absolute Gasteiger partial charge is 0.481 e. The Morgan fingerprint density at radius 2 is 0.917 bits per heavy atom. The zero-order chi connectivity index (χ0) is 27.3. The molecular weight excluding hydrogens is 462 g/mol. The van der Waals surface area contributed by atoms with Crippen molar-refractivity contribution in [3.05, 3.63) is 0 Å². The van der Waals surface area contributed by atoms with Crippen molar-refractivity contribution < 1.29 is 35.1 Å². The van der Waals surface area contributed by atoms with Crippen LogP contribution in [0.25, 0.3) is 0 Å². The number of aliphatic hydroxyl groups is 3. The summed E-state index contributed by atoms with van der Waals surface area (Å²) >= 11 is 0. The van der Waals surface area contributed by atoms with E-state index in [2.05, 4.69) is 6.92 Å². The SMILES string of the molecule is CCCCCCCCCCCCCCCCCCC(CC(=O)O)C(=O)O.OCCN(CCO)CCO. The fraction of sp³-hybridized carbons (Fsp3) is 0.929. The third kappa shape index (κ3) is 29.0. The summed E-state index contributed by atoms with van der Waals surface area (Å²) in [7, 11) is 0. The minimum atomic E-state index is -1.02. The maximum absolute atomic E-state index is 11.0. The van der Waals surface area contributed by atoms with Gasteiger partial charge in [-0.15, -0.1) is 0 Å². The third-order valence-electron chi connectivity index (χ3n) is 6.43. The molecule has 0 aromatic heterocycles. The molecule has 0 saturated carbocycles. The zero-order valence-corrected chi connectivity index (χ0v) is 23.0. The lowest BCUT2D eigenvalue weighted by Gasteiger charge is -2.17. The maximum atomic E-state index is 11.0. The highest BCUT2D eigenvalue weighted by molar-refractivity contribution is 5.77. The second-order valence-electron chi connectivity index (χ2n) is 9.74. The highest BCUT2D eigenvalue weighted by Crippen LogP contribution is 2.17. The first-order chi connectivity index (χ1) is 17.4. The van der Waals surface area contributed by atoms with Gasteiger partial charge in [0, 0.05) is 19.6 Å². The van der Waals surface area contributed by atoms with Crippen LogP contribution in [0.3, 0.4) is 0 Å². The first kappa shape index (κ1) is 36.9. The Labute approximate surface area is 220 Å². The van der Waals surface area contributed by atoms with Crippen LogP contribution in [0.1, 0.15) is 122 Å². The second kappa shape index (κ2) is 30.0. The molecule has 0 spiro atoms. The van der Waals surface area contributed by atoms with E-state index < -0.39 is 17.9 Å². The predicted octanol–water partition coefficient (Wildman–Crippen LogP) is 5.08. The lowest BCUT2D eigenvalue weighted by molar-refractivity contribution is -0.148. The topological polar surface area (TPSA) is 139 Å². The van der Waals surface area contributed by atoms with Gasteiger partial charge in [-0.3, -0.25) is 14.5 Å². The summed E-state index contributed by atoms with van der Waals surface area (Å²) in [6.45, 7) is 4.01. The van der Waals surface area contributed by atoms with Gasteiger partial charge in [0.2, 0.25) is 0 Å². The number of unbranched alkanes of at least 4 members (excludes halogenated alkanes) is 15. The van der Waals surface area contributed by atoms with Crippen molar-refractivity contribution in [1.82, 2.24) is 4.90 Å². The Morgan fingerprint density at radius 1 is 0.583 bits per heavy atom. The van der Waals surface area contributed by atoms with Crippen molar-refractivity contribution in [2.45, 2.75) is 122 Å². The first-order valence-electron chi connectivity index (χ1n) is 14.4. The lowest BCUT2D eigenvalue weighted by atomic mass is 9.97. The number of hydrogen-bond donors (Lipinski definition) is 5. The Kier molecular flexibility index (Phi) is 30.8. The van der Waals surface area contributed by atoms with E-state index in [1.807, 2.05) is 0 Å². The molecule has 0 aliphatic heterocycles. The maximum Gasteiger partial charge on any atom is 0.307 e. The molecule has 0 rings (SSSR count). The summed E-state index contributed by atoms with van der Waals surface area (Å²) in [5, 5.41) is 43.1. The van der Waals surface area contributed by atoms with Gasteiger partial charge in [0.25, 0.3) is 0 Å². The normalized spacial score (nSPS) is 11.8. The lowest BCUT2D eigenvalue weighted by Crippen LogP contribution is -2.32. The van der Waals surface area contributed by atoms with Crippen LogP contribution < -0.4 is 0 Å². The molecular formula is C28H57NO7. The molecule has 36 heavy (non-hydrogen) atoms. The van der Waals surface area contributed by atoms with Crippen LogP contribution in [0.5, 0.6) is 0 Å². The highest BCUT2D eigenvalue weighted by Gasteiger charge is 2.20. The van der Waals surface area contributed by atoms with Crippen molar-refractivity contribution in [3.63, 3.8) is 0 Å². The molecule has 0 radical (unpaired) electrons. The van der Waals surface area contributed by atoms with Gasteiger partial charge in [0.05, 0.1) is 32.2 Å². The minimum absolute atomic E-state index is 0.0694. The fourth-order valence-electron chi connectivity index (χ4n) is 4.22. The van der Waals surface area contributed by atoms with E-state index in [0.29, 0.717) is 26.1 Å². The van der Waals surface area contributed by atoms with Crippen molar-refractivity contribution in [2.24, 2.45) is 5.92 Å². The van der Waals surface area contributed by atoms with E-state index in [4.69, 9.17) is 25.5 Å². The van der Waals surface area contributed by atoms with Crippen molar-refractivity contribution in [2.75, 3.05) is 39.5 Å². The number of nitrogens with zero attached hydrogens (tertiary/aromatic N) is 1. The molecule has 0 bridgehead atoms. The second-order valence-corrected chi connectivity index (χ2v) is 9.74. The summed E-state index contributed by atoms with van der Waals surface area (Å²) in [5.41, 5.74) is 0. The van der Waals surface area contributed by atoms with Crippen molar-refractivity contribution in [1.29, 1.82) is 0 Å². The molecule has 0 aromatic carbocycles. The fourth-order valence-corrected chi connectivity index (χ4v) is 4.22. The Morgan fingerprint density at radius 3 is 1.19 bits per heavy atom. The quantitative estimate of drug-likeness (QED) is 0.0997. The van der Waals surface area contributed by atoms with E-state index in [1.165, 1.54) is 83.5 Å². The number of rotatable bonds is 26. The molecule has 0 aliphatic carbocycles. The monoisotopic (exact) mass is 519 g/mol. The molecule has 8 nitrogen and oxygen atoms in total. The van der Waals surface area contributed by atoms with E-state index in [9.17, 15) is 9.59 Å². The van der Waals surface area contributed by atoms with Crippen LogP contribution in [0.2, 0.25) is 0 Å². The van der Waals surface area contributed by atoms with E-state index in [1.54, 1.807) is 4.90 Å². The third-order valence-corrected chi connectivity index (χ3v) is 6.43. The van der Waals surface area contributed by atoms with E-state index in [-0.39, 0.29) is 26.2 Å². The van der Waals surface area contributed by atoms with Crippen molar-refractivity contribution in [3.8, 4) is 0 Å². The molecule has 8 heteroatoms. The highest BCUT2D eigenvalue weighted by atomic mass is 16.4. The molecule has 0 fully saturated rings. The van der Waals surface area contributed by atoms with Gasteiger partial charge < -0.3 is 25.5 Å². The van der Waals surface area contributed by atoms with Gasteiger partial charge >= 0.3 is 11.9 Å². The molecule has 0 saturated heterocycles. The number of aliphatic hydroxyl groups excluding tert-OH is 3. The summed E-state index contributed by atoms with van der Waals surface area (Å²) in [4.78, 5) is 23.4. The molecule has 0 aliphatic rings. The van der Waals surface area contributed by atoms with Crippen LogP contribution >= 0.6 is 0 Å². The van der Waals surface area contributed by atoms with Gasteiger partial charge in [-0.2, -0.15) is 0 Å². The van der Waals surface area contributed by atoms with Crippen molar-refractivity contribution >= 4 is 11.9 Å². The van der Waals surface area contributed by atoms with Crippen LogP contribution in [0, 0.1) is 5.92 Å². The Balaban J connectivity index is 0. The van der Waals surface area contributed by atoms with Crippen LogP contribution in [0.4, 0.5) is 0 Å². The van der Waals surface area contributed by atoms with Crippen LogP contribution in [-0.2, 0) is 9.59 Å². The molecule has 1 atom stereocenters. The molecule has 0 heterocycles. The first-order valence-corrected chi connectivity index (χ1v) is 14.4. The van der Waals surface area contributed by atoms with Crippen LogP contribution in [0.15, 0.2) is 0 Å². The summed E-state index contributed by atoms with van der Waals surface area (Å²) < 4.78 is 0. The predicted molar refractivity (Wildman–Crippen MR) is 145 cm³/mol. The number of aliphatic carboxylic acids is 2. The number of carbonyl (C=O) groups is 2. The van der Waals surface area contributed by atoms with Gasteiger partial charge in [0.1, 0.15) is 0 Å². The Bertz CT molecular complexity index is 463.